The fraction of sp³-hybridized carbons (Fsp3) is 0.391. The number of hydrogen-bond acceptors (Lipinski definition) is 5. The zero-order valence-electron chi connectivity index (χ0n) is 17.9. The summed E-state index contributed by atoms with van der Waals surface area (Å²) in [6, 6.07) is 13.4. The first kappa shape index (κ1) is 22.7. The van der Waals surface area contributed by atoms with Gasteiger partial charge >= 0.3 is 11.8 Å². The summed E-state index contributed by atoms with van der Waals surface area (Å²) in [4.78, 5) is 29.1. The smallest absolute Gasteiger partial charge is 0.309 e. The van der Waals surface area contributed by atoms with Gasteiger partial charge < -0.3 is 20.3 Å². The van der Waals surface area contributed by atoms with Crippen LogP contribution in [0, 0.1) is 5.82 Å². The number of benzene rings is 2. The van der Waals surface area contributed by atoms with E-state index in [0.717, 1.165) is 37.3 Å². The molecule has 2 aromatic rings. The van der Waals surface area contributed by atoms with Gasteiger partial charge in [-0.3, -0.25) is 14.5 Å². The minimum Gasteiger partial charge on any atom is -0.497 e. The predicted molar refractivity (Wildman–Crippen MR) is 116 cm³/mol. The maximum Gasteiger partial charge on any atom is 0.309 e. The molecule has 1 saturated heterocycles. The lowest BCUT2D eigenvalue weighted by Crippen LogP contribution is -2.49. The number of halogens is 1. The van der Waals surface area contributed by atoms with E-state index in [0.29, 0.717) is 5.75 Å². The Hall–Kier alpha value is -2.97. The maximum atomic E-state index is 13.4. The van der Waals surface area contributed by atoms with Crippen LogP contribution >= 0.6 is 0 Å². The molecule has 1 heterocycles. The summed E-state index contributed by atoms with van der Waals surface area (Å²) >= 11 is 0. The molecule has 0 spiro atoms. The SMILES string of the molecule is COc1cccc(CNC(=O)C(=O)NCC(c2ccc(F)cc2)N2CCN(C)CC2)c1. The summed E-state index contributed by atoms with van der Waals surface area (Å²) in [5, 5.41) is 5.37. The van der Waals surface area contributed by atoms with E-state index in [1.54, 1.807) is 25.3 Å². The van der Waals surface area contributed by atoms with Gasteiger partial charge in [0.1, 0.15) is 11.6 Å². The van der Waals surface area contributed by atoms with E-state index in [9.17, 15) is 14.0 Å². The molecule has 0 saturated carbocycles. The van der Waals surface area contributed by atoms with Crippen molar-refractivity contribution in [2.75, 3.05) is 46.9 Å². The Morgan fingerprint density at radius 2 is 1.71 bits per heavy atom. The van der Waals surface area contributed by atoms with E-state index in [2.05, 4.69) is 27.5 Å². The van der Waals surface area contributed by atoms with Crippen molar-refractivity contribution in [3.05, 3.63) is 65.5 Å². The van der Waals surface area contributed by atoms with Crippen LogP contribution in [0.2, 0.25) is 0 Å². The Balaban J connectivity index is 1.58. The highest BCUT2D eigenvalue weighted by atomic mass is 19.1. The average Bonchev–Trinajstić information content (AvgIpc) is 2.79. The number of amides is 2. The number of carbonyl (C=O) groups is 2. The number of nitrogens with one attached hydrogen (secondary N) is 2. The molecule has 1 atom stereocenters. The van der Waals surface area contributed by atoms with Gasteiger partial charge in [-0.2, -0.15) is 0 Å². The monoisotopic (exact) mass is 428 g/mol. The summed E-state index contributed by atoms with van der Waals surface area (Å²) < 4.78 is 18.5. The van der Waals surface area contributed by atoms with Crippen LogP contribution in [0.4, 0.5) is 4.39 Å². The number of piperazine rings is 1. The van der Waals surface area contributed by atoms with Gasteiger partial charge in [0.15, 0.2) is 0 Å². The summed E-state index contributed by atoms with van der Waals surface area (Å²) in [5.41, 5.74) is 1.74. The van der Waals surface area contributed by atoms with Gasteiger partial charge in [-0.05, 0) is 42.4 Å². The second kappa shape index (κ2) is 10.9. The molecule has 8 heteroatoms. The van der Waals surface area contributed by atoms with Gasteiger partial charge in [0, 0.05) is 39.3 Å². The summed E-state index contributed by atoms with van der Waals surface area (Å²) in [7, 11) is 3.64. The highest BCUT2D eigenvalue weighted by Gasteiger charge is 2.25. The number of hydrogen-bond donors (Lipinski definition) is 2. The van der Waals surface area contributed by atoms with E-state index in [1.165, 1.54) is 12.1 Å². The third-order valence-corrected chi connectivity index (χ3v) is 5.48. The Kier molecular flexibility index (Phi) is 7.97. The molecule has 3 rings (SSSR count). The van der Waals surface area contributed by atoms with Crippen molar-refractivity contribution in [1.82, 2.24) is 20.4 Å². The lowest BCUT2D eigenvalue weighted by atomic mass is 10.0. The number of likely N-dealkylation sites (N-methyl/N-ethyl adjacent to an activating group) is 1. The second-order valence-corrected chi connectivity index (χ2v) is 7.65. The molecule has 1 unspecified atom stereocenters. The molecule has 2 aromatic carbocycles. The largest absolute Gasteiger partial charge is 0.497 e. The van der Waals surface area contributed by atoms with Crippen LogP contribution in [-0.4, -0.2) is 68.5 Å². The standard InChI is InChI=1S/C23H29FN4O3/c1-27-10-12-28(13-11-27)21(18-6-8-19(24)9-7-18)16-26-23(30)22(29)25-15-17-4-3-5-20(14-17)31-2/h3-9,14,21H,10-13,15-16H2,1-2H3,(H,25,29)(H,26,30). The van der Waals surface area contributed by atoms with Crippen LogP contribution in [-0.2, 0) is 16.1 Å². The minimum absolute atomic E-state index is 0.135. The summed E-state index contributed by atoms with van der Waals surface area (Å²) in [6.07, 6.45) is 0. The fourth-order valence-electron chi connectivity index (χ4n) is 3.59. The van der Waals surface area contributed by atoms with Crippen LogP contribution < -0.4 is 15.4 Å². The topological polar surface area (TPSA) is 73.9 Å². The molecular weight excluding hydrogens is 399 g/mol. The van der Waals surface area contributed by atoms with Crippen molar-refractivity contribution in [2.45, 2.75) is 12.6 Å². The Morgan fingerprint density at radius 3 is 2.39 bits per heavy atom. The van der Waals surface area contributed by atoms with E-state index in [4.69, 9.17) is 4.74 Å². The van der Waals surface area contributed by atoms with Gasteiger partial charge in [-0.25, -0.2) is 4.39 Å². The van der Waals surface area contributed by atoms with Gasteiger partial charge in [-0.15, -0.1) is 0 Å². The first-order valence-electron chi connectivity index (χ1n) is 10.3. The van der Waals surface area contributed by atoms with Crippen LogP contribution in [0.25, 0.3) is 0 Å². The number of rotatable bonds is 7. The van der Waals surface area contributed by atoms with E-state index >= 15 is 0 Å². The molecule has 0 bridgehead atoms. The normalized spacial score (nSPS) is 15.8. The third kappa shape index (κ3) is 6.50. The van der Waals surface area contributed by atoms with E-state index < -0.39 is 11.8 Å². The van der Waals surface area contributed by atoms with Crippen LogP contribution in [0.15, 0.2) is 48.5 Å². The highest BCUT2D eigenvalue weighted by Crippen LogP contribution is 2.22. The first-order valence-corrected chi connectivity index (χ1v) is 10.3. The van der Waals surface area contributed by atoms with Gasteiger partial charge in [-0.1, -0.05) is 24.3 Å². The van der Waals surface area contributed by atoms with Gasteiger partial charge in [0.25, 0.3) is 0 Å². The van der Waals surface area contributed by atoms with Crippen molar-refractivity contribution in [2.24, 2.45) is 0 Å². The first-order chi connectivity index (χ1) is 15.0. The van der Waals surface area contributed by atoms with Crippen LogP contribution in [0.3, 0.4) is 0 Å². The van der Waals surface area contributed by atoms with Gasteiger partial charge in [0.2, 0.25) is 0 Å². The zero-order chi connectivity index (χ0) is 22.2. The molecule has 2 N–H and O–H groups in total. The molecule has 1 fully saturated rings. The molecule has 2 amide bonds. The summed E-state index contributed by atoms with van der Waals surface area (Å²) in [6.45, 7) is 3.97. The second-order valence-electron chi connectivity index (χ2n) is 7.65. The molecule has 166 valence electrons. The molecule has 1 aliphatic rings. The van der Waals surface area contributed by atoms with Crippen molar-refractivity contribution in [3.63, 3.8) is 0 Å². The Bertz CT molecular complexity index is 883. The molecule has 0 radical (unpaired) electrons. The van der Waals surface area contributed by atoms with Crippen LogP contribution in [0.5, 0.6) is 5.75 Å². The predicted octanol–water partition coefficient (Wildman–Crippen LogP) is 1.56. The fourth-order valence-corrected chi connectivity index (χ4v) is 3.59. The molecule has 1 aliphatic heterocycles. The summed E-state index contributed by atoms with van der Waals surface area (Å²) in [5.74, 6) is -1.00. The average molecular weight is 429 g/mol. The minimum atomic E-state index is -0.695. The molecule has 0 aliphatic carbocycles. The molecule has 31 heavy (non-hydrogen) atoms. The van der Waals surface area contributed by atoms with Crippen LogP contribution in [0.1, 0.15) is 17.2 Å². The zero-order valence-corrected chi connectivity index (χ0v) is 17.9. The van der Waals surface area contributed by atoms with Crippen molar-refractivity contribution < 1.29 is 18.7 Å². The highest BCUT2D eigenvalue weighted by molar-refractivity contribution is 6.35. The Labute approximate surface area is 182 Å². The lowest BCUT2D eigenvalue weighted by molar-refractivity contribution is -0.139. The quantitative estimate of drug-likeness (QED) is 0.655. The number of carbonyl (C=O) groups excluding carboxylic acids is 2. The molecular formula is C23H29FN4O3. The van der Waals surface area contributed by atoms with Crippen molar-refractivity contribution >= 4 is 11.8 Å². The van der Waals surface area contributed by atoms with Crippen molar-refractivity contribution in [1.29, 1.82) is 0 Å². The molecule has 0 aromatic heterocycles. The van der Waals surface area contributed by atoms with Crippen molar-refractivity contribution in [3.8, 4) is 5.75 Å². The maximum absolute atomic E-state index is 13.4. The third-order valence-electron chi connectivity index (χ3n) is 5.48. The molecule has 7 nitrogen and oxygen atoms in total. The Morgan fingerprint density at radius 1 is 1.03 bits per heavy atom. The van der Waals surface area contributed by atoms with E-state index in [-0.39, 0.29) is 24.9 Å². The van der Waals surface area contributed by atoms with E-state index in [1.807, 2.05) is 18.2 Å². The number of methoxy groups -OCH3 is 1. The van der Waals surface area contributed by atoms with Gasteiger partial charge in [0.05, 0.1) is 13.2 Å². The number of ether oxygens (including phenoxy) is 1. The number of nitrogens with zero attached hydrogens (tertiary/aromatic N) is 2. The lowest BCUT2D eigenvalue weighted by Gasteiger charge is -2.38.